The van der Waals surface area contributed by atoms with E-state index in [-0.39, 0.29) is 43.1 Å². The number of hydrogen-bond donors (Lipinski definition) is 2. The molecule has 1 aromatic rings. The molecule has 0 aliphatic rings. The molecule has 120 valence electrons. The Kier molecular flexibility index (Phi) is 8.12. The van der Waals surface area contributed by atoms with Gasteiger partial charge in [0.05, 0.1) is 0 Å². The third-order valence-electron chi connectivity index (χ3n) is 2.30. The van der Waals surface area contributed by atoms with Gasteiger partial charge in [-0.1, -0.05) is 12.1 Å². The fourth-order valence-electron chi connectivity index (χ4n) is 1.48. The molecule has 0 heterocycles. The standard InChI is InChI=1S/C13H17F3N2O2.ClH/c1-9(17)5-12(19)18-7-10-3-2-4-11(6-10)20-8-13(14,15)16;/h2-4,6,9H,5,7-8,17H2,1H3,(H,18,19);1H. The van der Waals surface area contributed by atoms with E-state index >= 15 is 0 Å². The quantitative estimate of drug-likeness (QED) is 0.843. The van der Waals surface area contributed by atoms with Crippen LogP contribution in [0.5, 0.6) is 5.75 Å². The number of carbonyl (C=O) groups is 1. The Labute approximate surface area is 127 Å². The number of benzene rings is 1. The molecule has 0 aliphatic carbocycles. The number of alkyl halides is 3. The first-order chi connectivity index (χ1) is 9.26. The van der Waals surface area contributed by atoms with E-state index in [2.05, 4.69) is 10.1 Å². The van der Waals surface area contributed by atoms with Crippen LogP contribution in [0.25, 0.3) is 0 Å². The summed E-state index contributed by atoms with van der Waals surface area (Å²) >= 11 is 0. The largest absolute Gasteiger partial charge is 0.484 e. The molecule has 1 atom stereocenters. The van der Waals surface area contributed by atoms with Crippen LogP contribution in [0, 0.1) is 0 Å². The van der Waals surface area contributed by atoms with Crippen LogP contribution in [-0.2, 0) is 11.3 Å². The number of halogens is 4. The Hall–Kier alpha value is -1.47. The number of nitrogens with one attached hydrogen (secondary N) is 1. The van der Waals surface area contributed by atoms with Crippen molar-refractivity contribution in [1.29, 1.82) is 0 Å². The summed E-state index contributed by atoms with van der Waals surface area (Å²) in [6.45, 7) is 0.591. The SMILES string of the molecule is CC(N)CC(=O)NCc1cccc(OCC(F)(F)F)c1.Cl. The number of ether oxygens (including phenoxy) is 1. The highest BCUT2D eigenvalue weighted by Gasteiger charge is 2.28. The van der Waals surface area contributed by atoms with E-state index in [0.717, 1.165) is 0 Å². The summed E-state index contributed by atoms with van der Waals surface area (Å²) in [5, 5.41) is 2.63. The number of rotatable bonds is 6. The van der Waals surface area contributed by atoms with Gasteiger partial charge in [0.15, 0.2) is 6.61 Å². The number of nitrogens with two attached hydrogens (primary N) is 1. The Morgan fingerprint density at radius 2 is 2.10 bits per heavy atom. The van der Waals surface area contributed by atoms with Crippen molar-refractivity contribution >= 4 is 18.3 Å². The molecule has 0 bridgehead atoms. The number of carbonyl (C=O) groups excluding carboxylic acids is 1. The van der Waals surface area contributed by atoms with Crippen molar-refractivity contribution in [3.05, 3.63) is 29.8 Å². The molecule has 0 aliphatic heterocycles. The van der Waals surface area contributed by atoms with Crippen molar-refractivity contribution in [3.63, 3.8) is 0 Å². The van der Waals surface area contributed by atoms with Gasteiger partial charge < -0.3 is 15.8 Å². The third kappa shape index (κ3) is 9.14. The van der Waals surface area contributed by atoms with Gasteiger partial charge in [0.25, 0.3) is 0 Å². The summed E-state index contributed by atoms with van der Waals surface area (Å²) in [5.41, 5.74) is 6.13. The summed E-state index contributed by atoms with van der Waals surface area (Å²) in [7, 11) is 0. The monoisotopic (exact) mass is 326 g/mol. The van der Waals surface area contributed by atoms with Crippen LogP contribution in [-0.4, -0.2) is 24.7 Å². The average molecular weight is 327 g/mol. The maximum absolute atomic E-state index is 12.0. The molecule has 0 spiro atoms. The highest BCUT2D eigenvalue weighted by molar-refractivity contribution is 5.85. The molecule has 21 heavy (non-hydrogen) atoms. The minimum Gasteiger partial charge on any atom is -0.484 e. The second kappa shape index (κ2) is 8.74. The predicted octanol–water partition coefficient (Wildman–Crippen LogP) is 2.40. The lowest BCUT2D eigenvalue weighted by Gasteiger charge is -2.11. The number of hydrogen-bond acceptors (Lipinski definition) is 3. The van der Waals surface area contributed by atoms with Crippen LogP contribution in [0.3, 0.4) is 0 Å². The summed E-state index contributed by atoms with van der Waals surface area (Å²) in [6.07, 6.45) is -4.17. The lowest BCUT2D eigenvalue weighted by atomic mass is 10.2. The molecule has 1 aromatic carbocycles. The van der Waals surface area contributed by atoms with Gasteiger partial charge in [-0.05, 0) is 24.6 Å². The van der Waals surface area contributed by atoms with E-state index in [1.54, 1.807) is 19.1 Å². The van der Waals surface area contributed by atoms with Crippen LogP contribution >= 0.6 is 12.4 Å². The van der Waals surface area contributed by atoms with Gasteiger partial charge in [-0.15, -0.1) is 12.4 Å². The first kappa shape index (κ1) is 19.5. The molecule has 0 saturated heterocycles. The molecular weight excluding hydrogens is 309 g/mol. The second-order valence-electron chi connectivity index (χ2n) is 4.51. The average Bonchev–Trinajstić information content (AvgIpc) is 2.33. The van der Waals surface area contributed by atoms with E-state index in [0.29, 0.717) is 5.56 Å². The van der Waals surface area contributed by atoms with Crippen LogP contribution in [0.2, 0.25) is 0 Å². The van der Waals surface area contributed by atoms with Gasteiger partial charge in [-0.2, -0.15) is 13.2 Å². The first-order valence-electron chi connectivity index (χ1n) is 6.07. The van der Waals surface area contributed by atoms with Crippen molar-refractivity contribution in [2.75, 3.05) is 6.61 Å². The third-order valence-corrected chi connectivity index (χ3v) is 2.30. The van der Waals surface area contributed by atoms with Crippen LogP contribution in [0.1, 0.15) is 18.9 Å². The number of amides is 1. The van der Waals surface area contributed by atoms with Gasteiger partial charge >= 0.3 is 6.18 Å². The normalized spacial score (nSPS) is 12.2. The summed E-state index contributed by atoms with van der Waals surface area (Å²) in [4.78, 5) is 11.4. The van der Waals surface area contributed by atoms with Crippen LogP contribution < -0.4 is 15.8 Å². The molecule has 0 radical (unpaired) electrons. The van der Waals surface area contributed by atoms with Gasteiger partial charge in [0.2, 0.25) is 5.91 Å². The zero-order valence-corrected chi connectivity index (χ0v) is 12.3. The molecular formula is C13H18ClF3N2O2. The van der Waals surface area contributed by atoms with Gasteiger partial charge in [0.1, 0.15) is 5.75 Å². The maximum atomic E-state index is 12.0. The van der Waals surface area contributed by atoms with Crippen LogP contribution in [0.15, 0.2) is 24.3 Å². The highest BCUT2D eigenvalue weighted by atomic mass is 35.5. The van der Waals surface area contributed by atoms with Crippen molar-refractivity contribution < 1.29 is 22.7 Å². The topological polar surface area (TPSA) is 64.4 Å². The zero-order valence-electron chi connectivity index (χ0n) is 11.4. The Bertz CT molecular complexity index is 453. The Morgan fingerprint density at radius 1 is 1.43 bits per heavy atom. The lowest BCUT2D eigenvalue weighted by Crippen LogP contribution is -2.29. The maximum Gasteiger partial charge on any atom is 0.422 e. The molecule has 1 rings (SSSR count). The molecule has 8 heteroatoms. The van der Waals surface area contributed by atoms with E-state index < -0.39 is 12.8 Å². The van der Waals surface area contributed by atoms with E-state index in [1.807, 2.05) is 0 Å². The molecule has 0 fully saturated rings. The van der Waals surface area contributed by atoms with E-state index in [9.17, 15) is 18.0 Å². The van der Waals surface area contributed by atoms with Gasteiger partial charge in [0, 0.05) is 19.0 Å². The van der Waals surface area contributed by atoms with Crippen LogP contribution in [0.4, 0.5) is 13.2 Å². The predicted molar refractivity (Wildman–Crippen MR) is 75.4 cm³/mol. The zero-order chi connectivity index (χ0) is 15.2. The summed E-state index contributed by atoms with van der Waals surface area (Å²) in [6, 6.07) is 5.90. The second-order valence-corrected chi connectivity index (χ2v) is 4.51. The molecule has 3 N–H and O–H groups in total. The van der Waals surface area contributed by atoms with Crippen molar-refractivity contribution in [2.24, 2.45) is 5.73 Å². The Morgan fingerprint density at radius 3 is 2.67 bits per heavy atom. The van der Waals surface area contributed by atoms with Gasteiger partial charge in [-0.3, -0.25) is 4.79 Å². The fourth-order valence-corrected chi connectivity index (χ4v) is 1.48. The van der Waals surface area contributed by atoms with Gasteiger partial charge in [-0.25, -0.2) is 0 Å². The summed E-state index contributed by atoms with van der Waals surface area (Å²) in [5.74, 6) is -0.0946. The lowest BCUT2D eigenvalue weighted by molar-refractivity contribution is -0.153. The Balaban J connectivity index is 0.00000400. The highest BCUT2D eigenvalue weighted by Crippen LogP contribution is 2.19. The van der Waals surface area contributed by atoms with Crippen molar-refractivity contribution in [2.45, 2.75) is 32.1 Å². The molecule has 0 saturated carbocycles. The fraction of sp³-hybridized carbons (Fsp3) is 0.462. The molecule has 1 amide bonds. The minimum atomic E-state index is -4.37. The molecule has 1 unspecified atom stereocenters. The first-order valence-corrected chi connectivity index (χ1v) is 6.07. The smallest absolute Gasteiger partial charge is 0.422 e. The minimum absolute atomic E-state index is 0. The summed E-state index contributed by atoms with van der Waals surface area (Å²) < 4.78 is 40.7. The van der Waals surface area contributed by atoms with Crippen molar-refractivity contribution in [3.8, 4) is 5.75 Å². The van der Waals surface area contributed by atoms with E-state index in [4.69, 9.17) is 5.73 Å². The van der Waals surface area contributed by atoms with E-state index in [1.165, 1.54) is 12.1 Å². The molecule has 0 aromatic heterocycles. The molecule has 4 nitrogen and oxygen atoms in total. The van der Waals surface area contributed by atoms with Crippen molar-refractivity contribution in [1.82, 2.24) is 5.32 Å².